The van der Waals surface area contributed by atoms with E-state index in [9.17, 15) is 0 Å². The summed E-state index contributed by atoms with van der Waals surface area (Å²) in [6.07, 6.45) is 2.71. The molecule has 0 N–H and O–H groups in total. The molecule has 0 bridgehead atoms. The maximum Gasteiger partial charge on any atom is 0.0592 e. The number of hydrogen-bond donors (Lipinski definition) is 0. The maximum atomic E-state index is 5.32. The van der Waals surface area contributed by atoms with Gasteiger partial charge in [-0.1, -0.05) is 38.8 Å². The zero-order chi connectivity index (χ0) is 8.43. The van der Waals surface area contributed by atoms with Crippen molar-refractivity contribution in [3.63, 3.8) is 0 Å². The average molecular weight is 286 g/mol. The standard InChI is InChI=1S/C8H14Br2O/c1-5-7(9)3-6(11-2)4-8(5)10/h5-8H,3-4H2,1-2H3. The van der Waals surface area contributed by atoms with Gasteiger partial charge in [-0.05, 0) is 18.8 Å². The molecule has 0 spiro atoms. The molecule has 1 fully saturated rings. The van der Waals surface area contributed by atoms with Crippen molar-refractivity contribution >= 4 is 31.9 Å². The Morgan fingerprint density at radius 2 is 1.64 bits per heavy atom. The second-order valence-corrected chi connectivity index (χ2v) is 5.57. The number of methoxy groups -OCH3 is 1. The summed E-state index contributed by atoms with van der Waals surface area (Å²) < 4.78 is 5.32. The average Bonchev–Trinajstić information content (AvgIpc) is 1.99. The summed E-state index contributed by atoms with van der Waals surface area (Å²) in [4.78, 5) is 1.20. The lowest BCUT2D eigenvalue weighted by molar-refractivity contribution is 0.0664. The minimum atomic E-state index is 0.431. The summed E-state index contributed by atoms with van der Waals surface area (Å²) in [5.41, 5.74) is 0. The van der Waals surface area contributed by atoms with Crippen LogP contribution in [0, 0.1) is 5.92 Å². The van der Waals surface area contributed by atoms with Gasteiger partial charge in [0.2, 0.25) is 0 Å². The Labute approximate surface area is 85.1 Å². The molecular formula is C8H14Br2O. The van der Waals surface area contributed by atoms with E-state index in [1.807, 2.05) is 0 Å². The fourth-order valence-electron chi connectivity index (χ4n) is 1.45. The number of hydrogen-bond acceptors (Lipinski definition) is 1. The van der Waals surface area contributed by atoms with Gasteiger partial charge in [0, 0.05) is 16.8 Å². The molecule has 0 radical (unpaired) electrons. The van der Waals surface area contributed by atoms with Gasteiger partial charge in [-0.25, -0.2) is 0 Å². The van der Waals surface area contributed by atoms with E-state index >= 15 is 0 Å². The molecule has 1 rings (SSSR count). The largest absolute Gasteiger partial charge is 0.381 e. The lowest BCUT2D eigenvalue weighted by atomic mass is 9.88. The Morgan fingerprint density at radius 1 is 1.18 bits per heavy atom. The van der Waals surface area contributed by atoms with Crippen molar-refractivity contribution in [3.8, 4) is 0 Å². The Balaban J connectivity index is 2.47. The minimum absolute atomic E-state index is 0.431. The first-order valence-corrected chi connectivity index (χ1v) is 5.79. The zero-order valence-corrected chi connectivity index (χ0v) is 10.1. The minimum Gasteiger partial charge on any atom is -0.381 e. The second-order valence-electron chi connectivity index (χ2n) is 3.22. The van der Waals surface area contributed by atoms with Crippen LogP contribution in [-0.4, -0.2) is 22.9 Å². The van der Waals surface area contributed by atoms with Crippen LogP contribution in [0.2, 0.25) is 0 Å². The normalized spacial score (nSPS) is 45.8. The molecule has 1 aliphatic carbocycles. The molecule has 0 aromatic rings. The lowest BCUT2D eigenvalue weighted by Gasteiger charge is -2.34. The molecule has 2 atom stereocenters. The zero-order valence-electron chi connectivity index (χ0n) is 6.89. The van der Waals surface area contributed by atoms with E-state index in [1.54, 1.807) is 7.11 Å². The van der Waals surface area contributed by atoms with Gasteiger partial charge >= 0.3 is 0 Å². The van der Waals surface area contributed by atoms with Crippen molar-refractivity contribution in [3.05, 3.63) is 0 Å². The summed E-state index contributed by atoms with van der Waals surface area (Å²) in [6.45, 7) is 2.27. The van der Waals surface area contributed by atoms with Crippen molar-refractivity contribution in [1.82, 2.24) is 0 Å². The molecule has 0 amide bonds. The fourth-order valence-corrected chi connectivity index (χ4v) is 3.43. The van der Waals surface area contributed by atoms with Gasteiger partial charge in [0.25, 0.3) is 0 Å². The van der Waals surface area contributed by atoms with Gasteiger partial charge in [-0.2, -0.15) is 0 Å². The molecule has 0 aromatic carbocycles. The monoisotopic (exact) mass is 284 g/mol. The summed E-state index contributed by atoms with van der Waals surface area (Å²) in [6, 6.07) is 0. The molecule has 66 valence electrons. The van der Waals surface area contributed by atoms with E-state index in [0.29, 0.717) is 21.7 Å². The number of rotatable bonds is 1. The third-order valence-electron chi connectivity index (χ3n) is 2.45. The molecule has 0 aromatic heterocycles. The van der Waals surface area contributed by atoms with Crippen LogP contribution in [0.5, 0.6) is 0 Å². The van der Waals surface area contributed by atoms with Crippen molar-refractivity contribution in [2.45, 2.75) is 35.5 Å². The van der Waals surface area contributed by atoms with Gasteiger partial charge in [-0.15, -0.1) is 0 Å². The smallest absolute Gasteiger partial charge is 0.0592 e. The van der Waals surface area contributed by atoms with Gasteiger partial charge in [0.15, 0.2) is 0 Å². The summed E-state index contributed by atoms with van der Waals surface area (Å²) in [5.74, 6) is 0.710. The van der Waals surface area contributed by atoms with Crippen molar-refractivity contribution in [2.75, 3.05) is 7.11 Å². The van der Waals surface area contributed by atoms with E-state index in [1.165, 1.54) is 0 Å². The SMILES string of the molecule is COC1CC(Br)C(C)C(Br)C1. The van der Waals surface area contributed by atoms with E-state index < -0.39 is 0 Å². The highest BCUT2D eigenvalue weighted by Gasteiger charge is 2.32. The number of alkyl halides is 2. The van der Waals surface area contributed by atoms with Gasteiger partial charge < -0.3 is 4.74 Å². The molecule has 1 aliphatic rings. The van der Waals surface area contributed by atoms with E-state index in [-0.39, 0.29) is 0 Å². The molecule has 11 heavy (non-hydrogen) atoms. The summed E-state index contributed by atoms with van der Waals surface area (Å²) >= 11 is 7.33. The van der Waals surface area contributed by atoms with Crippen molar-refractivity contribution < 1.29 is 4.74 Å². The predicted molar refractivity (Wildman–Crippen MR) is 54.6 cm³/mol. The lowest BCUT2D eigenvalue weighted by Crippen LogP contribution is -2.35. The Kier molecular flexibility index (Phi) is 3.86. The van der Waals surface area contributed by atoms with E-state index in [2.05, 4.69) is 38.8 Å². The fraction of sp³-hybridized carbons (Fsp3) is 1.00. The molecule has 3 heteroatoms. The third-order valence-corrected chi connectivity index (χ3v) is 4.87. The van der Waals surface area contributed by atoms with Crippen LogP contribution in [0.15, 0.2) is 0 Å². The van der Waals surface area contributed by atoms with Gasteiger partial charge in [0.05, 0.1) is 6.10 Å². The Hall–Kier alpha value is 0.920. The first-order valence-electron chi connectivity index (χ1n) is 3.96. The van der Waals surface area contributed by atoms with E-state index in [4.69, 9.17) is 4.74 Å². The van der Waals surface area contributed by atoms with E-state index in [0.717, 1.165) is 12.8 Å². The first kappa shape index (κ1) is 10.0. The molecular weight excluding hydrogens is 272 g/mol. The third kappa shape index (κ3) is 2.43. The molecule has 1 nitrogen and oxygen atoms in total. The quantitative estimate of drug-likeness (QED) is 0.673. The predicted octanol–water partition coefficient (Wildman–Crippen LogP) is 2.96. The van der Waals surface area contributed by atoms with Crippen LogP contribution >= 0.6 is 31.9 Å². The molecule has 0 saturated heterocycles. The number of halogens is 2. The summed E-state index contributed by atoms with van der Waals surface area (Å²) in [7, 11) is 1.79. The molecule has 1 saturated carbocycles. The highest BCUT2D eigenvalue weighted by molar-refractivity contribution is 9.10. The molecule has 0 aliphatic heterocycles. The van der Waals surface area contributed by atoms with Crippen LogP contribution in [0.1, 0.15) is 19.8 Å². The van der Waals surface area contributed by atoms with Crippen LogP contribution in [0.3, 0.4) is 0 Å². The Morgan fingerprint density at radius 3 is 2.00 bits per heavy atom. The highest BCUT2D eigenvalue weighted by atomic mass is 79.9. The maximum absolute atomic E-state index is 5.32. The van der Waals surface area contributed by atoms with Crippen LogP contribution < -0.4 is 0 Å². The second kappa shape index (κ2) is 4.24. The molecule has 0 heterocycles. The number of ether oxygens (including phenoxy) is 1. The first-order chi connectivity index (χ1) is 5.15. The van der Waals surface area contributed by atoms with Gasteiger partial charge in [0.1, 0.15) is 0 Å². The Bertz CT molecular complexity index is 117. The van der Waals surface area contributed by atoms with Gasteiger partial charge in [-0.3, -0.25) is 0 Å². The van der Waals surface area contributed by atoms with Crippen LogP contribution in [0.25, 0.3) is 0 Å². The van der Waals surface area contributed by atoms with Crippen LogP contribution in [-0.2, 0) is 4.74 Å². The van der Waals surface area contributed by atoms with Crippen molar-refractivity contribution in [2.24, 2.45) is 5.92 Å². The molecule has 2 unspecified atom stereocenters. The summed E-state index contributed by atoms with van der Waals surface area (Å²) in [5, 5.41) is 0. The topological polar surface area (TPSA) is 9.23 Å². The van der Waals surface area contributed by atoms with Crippen LogP contribution in [0.4, 0.5) is 0 Å². The highest BCUT2D eigenvalue weighted by Crippen LogP contribution is 2.35. The van der Waals surface area contributed by atoms with Crippen molar-refractivity contribution in [1.29, 1.82) is 0 Å².